The Bertz CT molecular complexity index is 323. The first-order valence-corrected chi connectivity index (χ1v) is 4.15. The number of methoxy groups -OCH3 is 1. The van der Waals surface area contributed by atoms with E-state index in [1.54, 1.807) is 6.92 Å². The summed E-state index contributed by atoms with van der Waals surface area (Å²) in [5.74, 6) is 0.228. The second-order valence-electron chi connectivity index (χ2n) is 2.67. The summed E-state index contributed by atoms with van der Waals surface area (Å²) >= 11 is 5.85. The van der Waals surface area contributed by atoms with Crippen molar-refractivity contribution < 1.29 is 14.9 Å². The molecule has 2 N–H and O–H groups in total. The first-order chi connectivity index (χ1) is 6.11. The summed E-state index contributed by atoms with van der Waals surface area (Å²) in [6, 6.07) is 1.52. The van der Waals surface area contributed by atoms with Gasteiger partial charge in [0, 0.05) is 16.7 Å². The number of hydrogen-bond acceptors (Lipinski definition) is 3. The Hall–Kier alpha value is -0.930. The summed E-state index contributed by atoms with van der Waals surface area (Å²) in [4.78, 5) is 0. The molecule has 0 fully saturated rings. The molecular formula is C9H11ClO3. The summed E-state index contributed by atoms with van der Waals surface area (Å²) in [6.45, 7) is 1.47. The van der Waals surface area contributed by atoms with E-state index in [0.717, 1.165) is 0 Å². The normalized spacial score (nSPS) is 10.2. The van der Waals surface area contributed by atoms with Crippen LogP contribution < -0.4 is 4.74 Å². The van der Waals surface area contributed by atoms with Crippen molar-refractivity contribution in [1.82, 2.24) is 0 Å². The average Bonchev–Trinajstić information content (AvgIpc) is 2.12. The molecule has 0 aliphatic heterocycles. The first kappa shape index (κ1) is 10.2. The molecule has 0 aromatic heterocycles. The highest BCUT2D eigenvalue weighted by atomic mass is 35.5. The number of benzene rings is 1. The molecule has 0 spiro atoms. The highest BCUT2D eigenvalue weighted by Gasteiger charge is 2.13. The molecule has 0 bridgehead atoms. The third-order valence-corrected chi connectivity index (χ3v) is 2.36. The smallest absolute Gasteiger partial charge is 0.163 e. The topological polar surface area (TPSA) is 49.7 Å². The Labute approximate surface area is 81.5 Å². The predicted molar refractivity (Wildman–Crippen MR) is 50.3 cm³/mol. The van der Waals surface area contributed by atoms with Crippen LogP contribution in [0.4, 0.5) is 0 Å². The molecule has 0 aliphatic rings. The van der Waals surface area contributed by atoms with Gasteiger partial charge in [-0.25, -0.2) is 0 Å². The van der Waals surface area contributed by atoms with Crippen molar-refractivity contribution in [2.24, 2.45) is 0 Å². The molecule has 3 nitrogen and oxygen atoms in total. The number of hydrogen-bond donors (Lipinski definition) is 2. The Kier molecular flexibility index (Phi) is 3.01. The maximum absolute atomic E-state index is 9.55. The molecule has 13 heavy (non-hydrogen) atoms. The fourth-order valence-electron chi connectivity index (χ4n) is 1.11. The van der Waals surface area contributed by atoms with Crippen LogP contribution in [0.15, 0.2) is 6.07 Å². The molecule has 0 saturated carbocycles. The van der Waals surface area contributed by atoms with Gasteiger partial charge in [0.05, 0.1) is 13.7 Å². The predicted octanol–water partition coefficient (Wildman–Crippen LogP) is 1.85. The number of aliphatic hydroxyl groups excluding tert-OH is 1. The minimum absolute atomic E-state index is 0.0492. The zero-order valence-electron chi connectivity index (χ0n) is 7.47. The van der Waals surface area contributed by atoms with Crippen LogP contribution in [0, 0.1) is 6.92 Å². The maximum atomic E-state index is 9.55. The van der Waals surface area contributed by atoms with E-state index in [4.69, 9.17) is 21.4 Å². The summed E-state index contributed by atoms with van der Waals surface area (Å²) in [5.41, 5.74) is 1.08. The molecule has 0 heterocycles. The van der Waals surface area contributed by atoms with Gasteiger partial charge < -0.3 is 14.9 Å². The summed E-state index contributed by atoms with van der Waals surface area (Å²) in [7, 11) is 1.43. The lowest BCUT2D eigenvalue weighted by atomic mass is 10.1. The average molecular weight is 203 g/mol. The van der Waals surface area contributed by atoms with E-state index in [-0.39, 0.29) is 18.1 Å². The Morgan fingerprint density at radius 3 is 2.62 bits per heavy atom. The molecule has 4 heteroatoms. The van der Waals surface area contributed by atoms with E-state index >= 15 is 0 Å². The fourth-order valence-corrected chi connectivity index (χ4v) is 1.32. The molecule has 0 radical (unpaired) electrons. The van der Waals surface area contributed by atoms with E-state index in [9.17, 15) is 5.11 Å². The number of halogens is 1. The van der Waals surface area contributed by atoms with Gasteiger partial charge in [0.2, 0.25) is 0 Å². The van der Waals surface area contributed by atoms with Crippen molar-refractivity contribution in [3.05, 3.63) is 22.2 Å². The molecule has 0 unspecified atom stereocenters. The van der Waals surface area contributed by atoms with Gasteiger partial charge in [-0.1, -0.05) is 11.6 Å². The molecule has 1 rings (SSSR count). The standard InChI is InChI=1S/C9H11ClO3/c1-5-6(4-11)9(12)8(13-2)3-7(5)10/h3,11-12H,4H2,1-2H3. The lowest BCUT2D eigenvalue weighted by molar-refractivity contribution is 0.271. The van der Waals surface area contributed by atoms with Crippen LogP contribution in [0.2, 0.25) is 5.02 Å². The molecule has 1 aromatic carbocycles. The van der Waals surface area contributed by atoms with Gasteiger partial charge >= 0.3 is 0 Å². The van der Waals surface area contributed by atoms with Gasteiger partial charge in [-0.15, -0.1) is 0 Å². The van der Waals surface area contributed by atoms with E-state index in [0.29, 0.717) is 16.1 Å². The van der Waals surface area contributed by atoms with E-state index in [1.807, 2.05) is 0 Å². The van der Waals surface area contributed by atoms with E-state index in [2.05, 4.69) is 0 Å². The van der Waals surface area contributed by atoms with Crippen molar-refractivity contribution in [3.63, 3.8) is 0 Å². The molecule has 1 aromatic rings. The second kappa shape index (κ2) is 3.85. The minimum atomic E-state index is -0.255. The Morgan fingerprint density at radius 1 is 1.54 bits per heavy atom. The van der Waals surface area contributed by atoms with Gasteiger partial charge in [0.25, 0.3) is 0 Å². The largest absolute Gasteiger partial charge is 0.504 e. The monoisotopic (exact) mass is 202 g/mol. The van der Waals surface area contributed by atoms with Crippen molar-refractivity contribution in [2.75, 3.05) is 7.11 Å². The zero-order valence-corrected chi connectivity index (χ0v) is 8.22. The summed E-state index contributed by atoms with van der Waals surface area (Å²) in [5, 5.41) is 19.0. The van der Waals surface area contributed by atoms with Crippen LogP contribution in [0.3, 0.4) is 0 Å². The maximum Gasteiger partial charge on any atom is 0.163 e. The van der Waals surface area contributed by atoms with Crippen molar-refractivity contribution in [1.29, 1.82) is 0 Å². The van der Waals surface area contributed by atoms with Crippen LogP contribution in [-0.4, -0.2) is 17.3 Å². The van der Waals surface area contributed by atoms with Crippen LogP contribution in [0.1, 0.15) is 11.1 Å². The lowest BCUT2D eigenvalue weighted by Gasteiger charge is -2.11. The molecule has 0 amide bonds. The number of ether oxygens (including phenoxy) is 1. The van der Waals surface area contributed by atoms with Gasteiger partial charge in [-0.2, -0.15) is 0 Å². The number of phenols is 1. The molecule has 0 aliphatic carbocycles. The van der Waals surface area contributed by atoms with Crippen LogP contribution >= 0.6 is 11.6 Å². The Balaban J connectivity index is 3.39. The molecule has 0 atom stereocenters. The van der Waals surface area contributed by atoms with Crippen LogP contribution in [-0.2, 0) is 6.61 Å². The summed E-state index contributed by atoms with van der Waals surface area (Å²) in [6.07, 6.45) is 0. The SMILES string of the molecule is COc1cc(Cl)c(C)c(CO)c1O. The Morgan fingerprint density at radius 2 is 2.15 bits per heavy atom. The molecule has 0 saturated heterocycles. The van der Waals surface area contributed by atoms with Gasteiger partial charge in [0.1, 0.15) is 0 Å². The summed E-state index contributed by atoms with van der Waals surface area (Å²) < 4.78 is 4.88. The van der Waals surface area contributed by atoms with Gasteiger partial charge in [0.15, 0.2) is 11.5 Å². The van der Waals surface area contributed by atoms with E-state index in [1.165, 1.54) is 13.2 Å². The van der Waals surface area contributed by atoms with Crippen LogP contribution in [0.25, 0.3) is 0 Å². The molecule has 72 valence electrons. The number of aliphatic hydroxyl groups is 1. The van der Waals surface area contributed by atoms with Gasteiger partial charge in [-0.3, -0.25) is 0 Å². The third kappa shape index (κ3) is 1.71. The van der Waals surface area contributed by atoms with Crippen LogP contribution in [0.5, 0.6) is 11.5 Å². The van der Waals surface area contributed by atoms with Gasteiger partial charge in [-0.05, 0) is 12.5 Å². The third-order valence-electron chi connectivity index (χ3n) is 1.97. The van der Waals surface area contributed by atoms with Crippen molar-refractivity contribution in [3.8, 4) is 11.5 Å². The number of aromatic hydroxyl groups is 1. The lowest BCUT2D eigenvalue weighted by Crippen LogP contribution is -1.94. The first-order valence-electron chi connectivity index (χ1n) is 3.77. The minimum Gasteiger partial charge on any atom is -0.504 e. The number of rotatable bonds is 2. The highest BCUT2D eigenvalue weighted by Crippen LogP contribution is 2.36. The van der Waals surface area contributed by atoms with Crippen molar-refractivity contribution >= 4 is 11.6 Å². The van der Waals surface area contributed by atoms with E-state index < -0.39 is 0 Å². The fraction of sp³-hybridized carbons (Fsp3) is 0.333. The highest BCUT2D eigenvalue weighted by molar-refractivity contribution is 6.31. The second-order valence-corrected chi connectivity index (χ2v) is 3.08. The quantitative estimate of drug-likeness (QED) is 0.770. The van der Waals surface area contributed by atoms with Crippen molar-refractivity contribution in [2.45, 2.75) is 13.5 Å². The zero-order chi connectivity index (χ0) is 10.0. The molecular weight excluding hydrogens is 192 g/mol.